The average molecular weight is 295 g/mol. The highest BCUT2D eigenvalue weighted by atomic mass is 32.2. The van der Waals surface area contributed by atoms with E-state index in [1.165, 1.54) is 18.9 Å². The van der Waals surface area contributed by atoms with Gasteiger partial charge in [-0.1, -0.05) is 18.7 Å². The van der Waals surface area contributed by atoms with E-state index in [0.29, 0.717) is 28.5 Å². The van der Waals surface area contributed by atoms with Gasteiger partial charge in [-0.25, -0.2) is 9.79 Å². The number of amides is 1. The van der Waals surface area contributed by atoms with Crippen LogP contribution in [0.1, 0.15) is 23.7 Å². The number of anilines is 1. The summed E-state index contributed by atoms with van der Waals surface area (Å²) in [5, 5.41) is 2.80. The van der Waals surface area contributed by atoms with Gasteiger partial charge in [0.2, 0.25) is 0 Å². The minimum absolute atomic E-state index is 0.00748. The molecule has 3 N–H and O–H groups in total. The van der Waals surface area contributed by atoms with Crippen LogP contribution in [0.4, 0.5) is 16.2 Å². The molecule has 0 aromatic heterocycles. The second kappa shape index (κ2) is 7.54. The van der Waals surface area contributed by atoms with Crippen molar-refractivity contribution in [2.75, 3.05) is 19.1 Å². The third-order valence-corrected chi connectivity index (χ3v) is 3.06. The van der Waals surface area contributed by atoms with Crippen LogP contribution >= 0.6 is 11.8 Å². The van der Waals surface area contributed by atoms with Gasteiger partial charge in [0, 0.05) is 12.0 Å². The van der Waals surface area contributed by atoms with Gasteiger partial charge in [0.15, 0.2) is 11.0 Å². The molecule has 0 radical (unpaired) electrons. The fourth-order valence-electron chi connectivity index (χ4n) is 1.39. The van der Waals surface area contributed by atoms with Crippen LogP contribution in [0.25, 0.3) is 0 Å². The van der Waals surface area contributed by atoms with Crippen molar-refractivity contribution in [3.05, 3.63) is 23.8 Å². The number of nitrogens with one attached hydrogen (secondary N) is 1. The largest absolute Gasteiger partial charge is 0.453 e. The van der Waals surface area contributed by atoms with Gasteiger partial charge in [0.05, 0.1) is 18.5 Å². The molecule has 0 heterocycles. The van der Waals surface area contributed by atoms with Crippen LogP contribution in [0.15, 0.2) is 23.2 Å². The standard InChI is InChI=1S/C13H17N3O3S/c1-4-11(17)8-5-6-9(14)10(7-8)15-12(20-3)16-13(18)19-2/h5-7H,4,14H2,1-3H3,(H,15,16,18). The van der Waals surface area contributed by atoms with Crippen LogP contribution in [0.2, 0.25) is 0 Å². The van der Waals surface area contributed by atoms with Gasteiger partial charge >= 0.3 is 6.09 Å². The van der Waals surface area contributed by atoms with Crippen LogP contribution in [0.3, 0.4) is 0 Å². The summed E-state index contributed by atoms with van der Waals surface area (Å²) in [5.41, 5.74) is 7.23. The number of alkyl carbamates (subject to hydrolysis) is 1. The molecule has 0 saturated carbocycles. The smallest absolute Gasteiger partial charge is 0.412 e. The first kappa shape index (κ1) is 16.0. The van der Waals surface area contributed by atoms with Gasteiger partial charge in [0.1, 0.15) is 0 Å². The molecule has 0 bridgehead atoms. The molecule has 7 heteroatoms. The zero-order valence-corrected chi connectivity index (χ0v) is 12.4. The van der Waals surface area contributed by atoms with Gasteiger partial charge in [0.25, 0.3) is 0 Å². The molecule has 0 fully saturated rings. The lowest BCUT2D eigenvalue weighted by atomic mass is 10.1. The number of carbonyl (C=O) groups is 2. The number of Topliss-reactive ketones (excluding diaryl/α,β-unsaturated/α-hetero) is 1. The predicted octanol–water partition coefficient (Wildman–Crippen LogP) is 2.57. The van der Waals surface area contributed by atoms with Crippen molar-refractivity contribution in [1.29, 1.82) is 0 Å². The summed E-state index contributed by atoms with van der Waals surface area (Å²) >= 11 is 1.23. The maximum absolute atomic E-state index is 11.7. The predicted molar refractivity (Wildman–Crippen MR) is 81.6 cm³/mol. The van der Waals surface area contributed by atoms with Crippen LogP contribution in [0, 0.1) is 0 Å². The Morgan fingerprint density at radius 1 is 1.45 bits per heavy atom. The Balaban J connectivity index is 3.10. The highest BCUT2D eigenvalue weighted by molar-refractivity contribution is 8.13. The molecule has 0 aliphatic carbocycles. The Labute approximate surface area is 121 Å². The van der Waals surface area contributed by atoms with Gasteiger partial charge < -0.3 is 10.5 Å². The lowest BCUT2D eigenvalue weighted by Crippen LogP contribution is -2.27. The second-order valence-corrected chi connectivity index (χ2v) is 4.58. The summed E-state index contributed by atoms with van der Waals surface area (Å²) in [4.78, 5) is 27.1. The van der Waals surface area contributed by atoms with Crippen molar-refractivity contribution in [3.63, 3.8) is 0 Å². The topological polar surface area (TPSA) is 93.8 Å². The lowest BCUT2D eigenvalue weighted by molar-refractivity contribution is 0.0988. The maximum Gasteiger partial charge on any atom is 0.412 e. The number of nitrogens with two attached hydrogens (primary N) is 1. The number of carbonyl (C=O) groups excluding carboxylic acids is 2. The van der Waals surface area contributed by atoms with Gasteiger partial charge in [-0.3, -0.25) is 10.1 Å². The molecule has 0 atom stereocenters. The van der Waals surface area contributed by atoms with Crippen LogP contribution in [0.5, 0.6) is 0 Å². The number of hydrogen-bond acceptors (Lipinski definition) is 6. The number of amidine groups is 1. The molecule has 20 heavy (non-hydrogen) atoms. The summed E-state index contributed by atoms with van der Waals surface area (Å²) < 4.78 is 4.50. The van der Waals surface area contributed by atoms with E-state index in [9.17, 15) is 9.59 Å². The molecule has 0 saturated heterocycles. The molecule has 0 aliphatic heterocycles. The number of aliphatic imine (C=N–C) groups is 1. The molecule has 1 aromatic carbocycles. The van der Waals surface area contributed by atoms with E-state index in [1.807, 2.05) is 0 Å². The number of thioether (sulfide) groups is 1. The minimum Gasteiger partial charge on any atom is -0.453 e. The number of ether oxygens (including phenoxy) is 1. The molecule has 0 aliphatic rings. The molecule has 1 amide bonds. The summed E-state index contributed by atoms with van der Waals surface area (Å²) in [6.45, 7) is 1.79. The average Bonchev–Trinajstić information content (AvgIpc) is 2.47. The first-order valence-corrected chi connectivity index (χ1v) is 7.14. The summed E-state index contributed by atoms with van der Waals surface area (Å²) in [5.74, 6) is 0.00748. The Bertz CT molecular complexity index is 544. The quantitative estimate of drug-likeness (QED) is 0.387. The van der Waals surface area contributed by atoms with E-state index in [-0.39, 0.29) is 5.78 Å². The summed E-state index contributed by atoms with van der Waals surface area (Å²) in [7, 11) is 1.27. The van der Waals surface area contributed by atoms with E-state index >= 15 is 0 Å². The second-order valence-electron chi connectivity index (χ2n) is 3.79. The summed E-state index contributed by atoms with van der Waals surface area (Å²) in [6.07, 6.45) is 1.55. The molecule has 1 aromatic rings. The van der Waals surface area contributed by atoms with Crippen LogP contribution < -0.4 is 11.1 Å². The third kappa shape index (κ3) is 4.27. The fraction of sp³-hybridized carbons (Fsp3) is 0.308. The number of benzene rings is 1. The number of nitrogen functional groups attached to an aromatic ring is 1. The number of ketones is 1. The van der Waals surface area contributed by atoms with Gasteiger partial charge in [-0.05, 0) is 24.5 Å². The summed E-state index contributed by atoms with van der Waals surface area (Å²) in [6, 6.07) is 4.89. The van der Waals surface area contributed by atoms with E-state index in [2.05, 4.69) is 15.0 Å². The van der Waals surface area contributed by atoms with Crippen molar-refractivity contribution in [2.45, 2.75) is 13.3 Å². The first-order chi connectivity index (χ1) is 9.51. The number of methoxy groups -OCH3 is 1. The Morgan fingerprint density at radius 3 is 2.70 bits per heavy atom. The Morgan fingerprint density at radius 2 is 2.15 bits per heavy atom. The molecular weight excluding hydrogens is 278 g/mol. The third-order valence-electron chi connectivity index (χ3n) is 2.48. The van der Waals surface area contributed by atoms with E-state index in [0.717, 1.165) is 0 Å². The van der Waals surface area contributed by atoms with Crippen molar-refractivity contribution < 1.29 is 14.3 Å². The van der Waals surface area contributed by atoms with E-state index in [4.69, 9.17) is 5.73 Å². The minimum atomic E-state index is -0.613. The van der Waals surface area contributed by atoms with Crippen LogP contribution in [-0.2, 0) is 4.74 Å². The number of nitrogens with zero attached hydrogens (tertiary/aromatic N) is 1. The number of rotatable bonds is 3. The van der Waals surface area contributed by atoms with Crippen LogP contribution in [-0.4, -0.2) is 30.4 Å². The molecule has 0 spiro atoms. The normalized spacial score (nSPS) is 11.1. The molecule has 108 valence electrons. The zero-order valence-electron chi connectivity index (χ0n) is 11.6. The zero-order chi connectivity index (χ0) is 15.1. The maximum atomic E-state index is 11.7. The Hall–Kier alpha value is -2.02. The number of hydrogen-bond donors (Lipinski definition) is 2. The molecule has 6 nitrogen and oxygen atoms in total. The van der Waals surface area contributed by atoms with Crippen molar-refractivity contribution in [1.82, 2.24) is 5.32 Å². The molecule has 0 unspecified atom stereocenters. The first-order valence-electron chi connectivity index (χ1n) is 5.92. The van der Waals surface area contributed by atoms with E-state index in [1.54, 1.807) is 31.4 Å². The Kier molecular flexibility index (Phi) is 6.05. The fourth-order valence-corrected chi connectivity index (χ4v) is 1.77. The van der Waals surface area contributed by atoms with Crippen molar-refractivity contribution >= 4 is 40.2 Å². The lowest BCUT2D eigenvalue weighted by Gasteiger charge is -2.07. The highest BCUT2D eigenvalue weighted by Gasteiger charge is 2.09. The monoisotopic (exact) mass is 295 g/mol. The van der Waals surface area contributed by atoms with Crippen molar-refractivity contribution in [3.8, 4) is 0 Å². The van der Waals surface area contributed by atoms with Gasteiger partial charge in [-0.15, -0.1) is 0 Å². The SMILES string of the molecule is CCC(=O)c1ccc(N)c(N=C(NC(=O)OC)SC)c1. The van der Waals surface area contributed by atoms with Gasteiger partial charge in [-0.2, -0.15) is 0 Å². The van der Waals surface area contributed by atoms with Crippen molar-refractivity contribution in [2.24, 2.45) is 4.99 Å². The van der Waals surface area contributed by atoms with E-state index < -0.39 is 6.09 Å². The molecule has 1 rings (SSSR count). The molecular formula is C13H17N3O3S. The highest BCUT2D eigenvalue weighted by Crippen LogP contribution is 2.25.